The lowest BCUT2D eigenvalue weighted by Crippen LogP contribution is -2.28. The Hall–Kier alpha value is -1.90. The lowest BCUT2D eigenvalue weighted by molar-refractivity contribution is -0.139. The Balaban J connectivity index is 1.72. The molecule has 1 atom stereocenters. The summed E-state index contributed by atoms with van der Waals surface area (Å²) in [7, 11) is 0. The predicted octanol–water partition coefficient (Wildman–Crippen LogP) is 4.54. The minimum Gasteiger partial charge on any atom is -0.390 e. The van der Waals surface area contributed by atoms with Crippen molar-refractivity contribution in [1.29, 1.82) is 0 Å². The monoisotopic (exact) mass is 426 g/mol. The third kappa shape index (κ3) is 4.34. The molecule has 3 heterocycles. The Kier molecular flexibility index (Phi) is 5.21. The van der Waals surface area contributed by atoms with Crippen LogP contribution in [-0.2, 0) is 13.1 Å². The molecule has 1 aliphatic rings. The van der Waals surface area contributed by atoms with Crippen molar-refractivity contribution in [2.24, 2.45) is 0 Å². The average Bonchev–Trinajstić information content (AvgIpc) is 2.81. The van der Waals surface area contributed by atoms with Gasteiger partial charge in [0, 0.05) is 18.5 Å². The zero-order valence-electron chi connectivity index (χ0n) is 16.0. The van der Waals surface area contributed by atoms with E-state index in [2.05, 4.69) is 14.9 Å². The maximum absolute atomic E-state index is 13.2. The predicted molar refractivity (Wildman–Crippen MR) is 106 cm³/mol. The number of aromatic nitrogens is 3. The van der Waals surface area contributed by atoms with Gasteiger partial charge in [0.15, 0.2) is 5.15 Å². The van der Waals surface area contributed by atoms with E-state index in [4.69, 9.17) is 11.6 Å². The number of likely N-dealkylation sites (tertiary alicyclic amines) is 1. The highest BCUT2D eigenvalue weighted by atomic mass is 35.5. The van der Waals surface area contributed by atoms with Gasteiger partial charge in [0.05, 0.1) is 11.1 Å². The van der Waals surface area contributed by atoms with E-state index >= 15 is 0 Å². The summed E-state index contributed by atoms with van der Waals surface area (Å²) < 4.78 is 40.6. The molecular weight excluding hydrogens is 405 g/mol. The molecular formula is C20H22ClF3N4O. The Morgan fingerprint density at radius 3 is 2.76 bits per heavy atom. The lowest BCUT2D eigenvalue weighted by Gasteiger charge is -2.22. The second kappa shape index (κ2) is 7.41. The van der Waals surface area contributed by atoms with Gasteiger partial charge in [-0.2, -0.15) is 13.2 Å². The van der Waals surface area contributed by atoms with Crippen LogP contribution in [0, 0.1) is 0 Å². The number of aliphatic hydroxyl groups is 1. The van der Waals surface area contributed by atoms with E-state index in [0.29, 0.717) is 29.4 Å². The minimum absolute atomic E-state index is 0.00625. The molecule has 1 unspecified atom stereocenters. The van der Waals surface area contributed by atoms with E-state index in [9.17, 15) is 18.3 Å². The molecule has 0 radical (unpaired) electrons. The third-order valence-electron chi connectivity index (χ3n) is 5.55. The molecule has 0 bridgehead atoms. The van der Waals surface area contributed by atoms with Crippen LogP contribution in [-0.4, -0.2) is 49.4 Å². The first-order chi connectivity index (χ1) is 13.6. The highest BCUT2D eigenvalue weighted by Crippen LogP contribution is 2.34. The molecule has 1 aromatic carbocycles. The maximum atomic E-state index is 13.2. The van der Waals surface area contributed by atoms with Gasteiger partial charge < -0.3 is 9.67 Å². The first-order valence-electron chi connectivity index (χ1n) is 9.56. The summed E-state index contributed by atoms with van der Waals surface area (Å²) in [5, 5.41) is 10.9. The zero-order valence-corrected chi connectivity index (χ0v) is 16.8. The molecule has 156 valence electrons. The Morgan fingerprint density at radius 2 is 2.00 bits per heavy atom. The standard InChI is InChI=1S/C20H22ClF3N4O/c1-19(29)5-2-7-27(8-6-19)10-13-3-4-15-14(9-13)16-17(18(21)26-12-25-16)28(15)11-20(22,23)24/h3-4,9,12,29H,2,5-8,10-11H2,1H3. The fourth-order valence-electron chi connectivity index (χ4n) is 4.10. The van der Waals surface area contributed by atoms with Crippen molar-refractivity contribution < 1.29 is 18.3 Å². The average molecular weight is 427 g/mol. The zero-order chi connectivity index (χ0) is 20.8. The summed E-state index contributed by atoms with van der Waals surface area (Å²) in [5.41, 5.74) is 1.40. The van der Waals surface area contributed by atoms with E-state index in [-0.39, 0.29) is 10.7 Å². The van der Waals surface area contributed by atoms with E-state index in [1.54, 1.807) is 6.07 Å². The van der Waals surface area contributed by atoms with Gasteiger partial charge in [-0.15, -0.1) is 0 Å². The number of rotatable bonds is 3. The van der Waals surface area contributed by atoms with E-state index < -0.39 is 18.3 Å². The van der Waals surface area contributed by atoms with Crippen LogP contribution in [0.1, 0.15) is 31.7 Å². The molecule has 0 aliphatic carbocycles. The van der Waals surface area contributed by atoms with Crippen molar-refractivity contribution in [1.82, 2.24) is 19.4 Å². The van der Waals surface area contributed by atoms with E-state index in [1.165, 1.54) is 6.33 Å². The number of halogens is 4. The summed E-state index contributed by atoms with van der Waals surface area (Å²) in [4.78, 5) is 10.3. The van der Waals surface area contributed by atoms with Gasteiger partial charge in [0.25, 0.3) is 0 Å². The quantitative estimate of drug-likeness (QED) is 0.625. The lowest BCUT2D eigenvalue weighted by atomic mass is 9.98. The molecule has 0 spiro atoms. The number of benzene rings is 1. The van der Waals surface area contributed by atoms with Crippen LogP contribution in [0.2, 0.25) is 5.15 Å². The van der Waals surface area contributed by atoms with Gasteiger partial charge in [-0.3, -0.25) is 4.90 Å². The Morgan fingerprint density at radius 1 is 1.21 bits per heavy atom. The topological polar surface area (TPSA) is 54.2 Å². The van der Waals surface area contributed by atoms with Crippen molar-refractivity contribution in [3.8, 4) is 0 Å². The molecule has 0 amide bonds. The van der Waals surface area contributed by atoms with Crippen molar-refractivity contribution in [2.45, 2.75) is 51.1 Å². The molecule has 4 rings (SSSR count). The van der Waals surface area contributed by atoms with Crippen LogP contribution >= 0.6 is 11.6 Å². The van der Waals surface area contributed by atoms with Crippen molar-refractivity contribution in [3.63, 3.8) is 0 Å². The molecule has 5 nitrogen and oxygen atoms in total. The van der Waals surface area contributed by atoms with Gasteiger partial charge in [-0.25, -0.2) is 9.97 Å². The molecule has 9 heteroatoms. The first-order valence-corrected chi connectivity index (χ1v) is 9.94. The van der Waals surface area contributed by atoms with Crippen LogP contribution in [0.4, 0.5) is 13.2 Å². The molecule has 29 heavy (non-hydrogen) atoms. The van der Waals surface area contributed by atoms with Crippen molar-refractivity contribution in [2.75, 3.05) is 13.1 Å². The molecule has 1 saturated heterocycles. The number of hydrogen-bond acceptors (Lipinski definition) is 4. The summed E-state index contributed by atoms with van der Waals surface area (Å²) in [6.45, 7) is 3.02. The summed E-state index contributed by atoms with van der Waals surface area (Å²) in [6, 6.07) is 5.43. The van der Waals surface area contributed by atoms with Crippen LogP contribution in [0.3, 0.4) is 0 Å². The van der Waals surface area contributed by atoms with Gasteiger partial charge in [0.2, 0.25) is 0 Å². The normalized spacial score (nSPS) is 21.7. The first kappa shape index (κ1) is 20.4. The smallest absolute Gasteiger partial charge is 0.390 e. The number of alkyl halides is 3. The summed E-state index contributed by atoms with van der Waals surface area (Å²) in [6.07, 6.45) is -0.750. The molecule has 1 fully saturated rings. The summed E-state index contributed by atoms with van der Waals surface area (Å²) in [5.74, 6) is 0. The third-order valence-corrected chi connectivity index (χ3v) is 5.83. The fourth-order valence-corrected chi connectivity index (χ4v) is 4.33. The summed E-state index contributed by atoms with van der Waals surface area (Å²) >= 11 is 6.13. The Bertz CT molecular complexity index is 1050. The minimum atomic E-state index is -4.39. The van der Waals surface area contributed by atoms with Gasteiger partial charge in [-0.1, -0.05) is 17.7 Å². The maximum Gasteiger partial charge on any atom is 0.406 e. The van der Waals surface area contributed by atoms with E-state index in [0.717, 1.165) is 36.1 Å². The van der Waals surface area contributed by atoms with Crippen molar-refractivity contribution >= 4 is 33.5 Å². The molecule has 1 N–H and O–H groups in total. The van der Waals surface area contributed by atoms with Crippen LogP contribution in [0.15, 0.2) is 24.5 Å². The van der Waals surface area contributed by atoms with Crippen molar-refractivity contribution in [3.05, 3.63) is 35.2 Å². The van der Waals surface area contributed by atoms with Gasteiger partial charge in [0.1, 0.15) is 23.9 Å². The van der Waals surface area contributed by atoms with Crippen LogP contribution in [0.5, 0.6) is 0 Å². The highest BCUT2D eigenvalue weighted by molar-refractivity contribution is 6.34. The fraction of sp³-hybridized carbons (Fsp3) is 0.500. The van der Waals surface area contributed by atoms with Gasteiger partial charge in [-0.05, 0) is 50.4 Å². The molecule has 3 aromatic rings. The number of nitrogens with zero attached hydrogens (tertiary/aromatic N) is 4. The highest BCUT2D eigenvalue weighted by Gasteiger charge is 2.31. The van der Waals surface area contributed by atoms with Crippen LogP contribution in [0.25, 0.3) is 21.9 Å². The molecule has 0 saturated carbocycles. The van der Waals surface area contributed by atoms with Gasteiger partial charge >= 0.3 is 6.18 Å². The SMILES string of the molecule is CC1(O)CCCN(Cc2ccc3c(c2)c2ncnc(Cl)c2n3CC(F)(F)F)CC1. The Labute approximate surface area is 171 Å². The number of hydrogen-bond donors (Lipinski definition) is 1. The molecule has 1 aliphatic heterocycles. The van der Waals surface area contributed by atoms with E-state index in [1.807, 2.05) is 19.1 Å². The second-order valence-corrected chi connectivity index (χ2v) is 8.40. The largest absolute Gasteiger partial charge is 0.406 e. The second-order valence-electron chi connectivity index (χ2n) is 8.04. The number of fused-ring (bicyclic) bond motifs is 3. The van der Waals surface area contributed by atoms with Crippen LogP contribution < -0.4 is 0 Å². The molecule has 2 aromatic heterocycles.